The fourth-order valence-corrected chi connectivity index (χ4v) is 5.49. The maximum atomic E-state index is 12.9. The fourth-order valence-electron chi connectivity index (χ4n) is 5.49. The monoisotopic (exact) mass is 429 g/mol. The summed E-state index contributed by atoms with van der Waals surface area (Å²) in [6.07, 6.45) is 5.62. The normalized spacial score (nSPS) is 27.7. The van der Waals surface area contributed by atoms with Crippen molar-refractivity contribution < 1.29 is 28.6 Å². The number of hydrogen-bond acceptors (Lipinski definition) is 6. The summed E-state index contributed by atoms with van der Waals surface area (Å²) in [5.74, 6) is 0.903. The highest BCUT2D eigenvalue weighted by Crippen LogP contribution is 2.41. The molecule has 7 nitrogen and oxygen atoms in total. The van der Waals surface area contributed by atoms with Gasteiger partial charge in [0.2, 0.25) is 0 Å². The quantitative estimate of drug-likeness (QED) is 0.646. The van der Waals surface area contributed by atoms with Crippen LogP contribution in [0.15, 0.2) is 18.2 Å². The highest BCUT2D eigenvalue weighted by Gasteiger charge is 2.42. The van der Waals surface area contributed by atoms with E-state index in [0.29, 0.717) is 36.7 Å². The Labute approximate surface area is 183 Å². The lowest BCUT2D eigenvalue weighted by Crippen LogP contribution is -2.40. The molecule has 2 saturated carbocycles. The van der Waals surface area contributed by atoms with Crippen molar-refractivity contribution in [2.75, 3.05) is 27.4 Å². The minimum atomic E-state index is -0.340. The van der Waals surface area contributed by atoms with Gasteiger partial charge in [-0.2, -0.15) is 0 Å². The Bertz CT molecular complexity index is 836. The first-order valence-corrected chi connectivity index (χ1v) is 11.2. The Kier molecular flexibility index (Phi) is 6.49. The lowest BCUT2D eigenvalue weighted by Gasteiger charge is -2.36. The number of Topliss-reactive ketones (excluding diaryl/α,β-unsaturated/α-hetero) is 1. The van der Waals surface area contributed by atoms with Crippen LogP contribution in [0.25, 0.3) is 0 Å². The van der Waals surface area contributed by atoms with Crippen LogP contribution in [0.4, 0.5) is 0 Å². The molecule has 1 aliphatic heterocycles. The number of likely N-dealkylation sites (tertiary alicyclic amines) is 1. The van der Waals surface area contributed by atoms with Crippen LogP contribution >= 0.6 is 0 Å². The zero-order valence-electron chi connectivity index (χ0n) is 18.3. The van der Waals surface area contributed by atoms with Crippen molar-refractivity contribution in [3.05, 3.63) is 23.8 Å². The van der Waals surface area contributed by atoms with Gasteiger partial charge in [0, 0.05) is 23.9 Å². The molecule has 1 heterocycles. The maximum absolute atomic E-state index is 12.9. The third kappa shape index (κ3) is 4.41. The Balaban J connectivity index is 1.38. The number of carbonyl (C=O) groups excluding carboxylic acids is 3. The number of fused-ring (bicyclic) bond motifs is 2. The highest BCUT2D eigenvalue weighted by atomic mass is 16.5. The van der Waals surface area contributed by atoms with Gasteiger partial charge >= 0.3 is 5.97 Å². The highest BCUT2D eigenvalue weighted by molar-refractivity contribution is 5.88. The second-order valence-corrected chi connectivity index (χ2v) is 8.86. The minimum Gasteiger partial charge on any atom is -0.497 e. The number of carbonyl (C=O) groups is 3. The molecule has 2 aliphatic carbocycles. The van der Waals surface area contributed by atoms with Crippen LogP contribution in [-0.4, -0.2) is 49.9 Å². The van der Waals surface area contributed by atoms with Crippen LogP contribution in [0, 0.1) is 17.8 Å². The van der Waals surface area contributed by atoms with Gasteiger partial charge < -0.3 is 19.1 Å². The van der Waals surface area contributed by atoms with Crippen molar-refractivity contribution in [3.63, 3.8) is 0 Å². The van der Waals surface area contributed by atoms with Gasteiger partial charge in [-0.25, -0.2) is 0 Å². The van der Waals surface area contributed by atoms with Crippen molar-refractivity contribution in [2.24, 2.45) is 17.8 Å². The van der Waals surface area contributed by atoms with E-state index in [0.717, 1.165) is 37.7 Å². The molecule has 0 radical (unpaired) electrons. The van der Waals surface area contributed by atoms with E-state index in [1.54, 1.807) is 19.1 Å². The number of amides is 1. The first kappa shape index (κ1) is 21.7. The molecule has 0 aromatic heterocycles. The number of hydrogen-bond donors (Lipinski definition) is 0. The molecule has 1 amide bonds. The van der Waals surface area contributed by atoms with E-state index < -0.39 is 0 Å². The van der Waals surface area contributed by atoms with Gasteiger partial charge in [0.05, 0.1) is 26.2 Å². The number of nitrogens with zero attached hydrogens (tertiary/aromatic N) is 1. The lowest BCUT2D eigenvalue weighted by molar-refractivity contribution is -0.159. The van der Waals surface area contributed by atoms with Crippen LogP contribution in [0.5, 0.6) is 11.5 Å². The van der Waals surface area contributed by atoms with Crippen molar-refractivity contribution in [3.8, 4) is 11.5 Å². The molecular formula is C24H31NO6. The zero-order chi connectivity index (χ0) is 22.0. The van der Waals surface area contributed by atoms with E-state index in [9.17, 15) is 14.4 Å². The van der Waals surface area contributed by atoms with Gasteiger partial charge in [0.25, 0.3) is 5.91 Å². The smallest absolute Gasteiger partial charge is 0.309 e. The summed E-state index contributed by atoms with van der Waals surface area (Å²) in [4.78, 5) is 39.6. The molecule has 4 atom stereocenters. The molecule has 3 fully saturated rings. The first-order chi connectivity index (χ1) is 15.0. The molecule has 2 bridgehead atoms. The van der Waals surface area contributed by atoms with Gasteiger partial charge in [-0.1, -0.05) is 6.42 Å². The Hall–Kier alpha value is -2.57. The Morgan fingerprint density at radius 3 is 2.45 bits per heavy atom. The summed E-state index contributed by atoms with van der Waals surface area (Å²) in [5, 5.41) is 0. The SMILES string of the molecule is COc1ccc(OC)c([C@@H]2CCCN2C(=O)COC(=O)C2C[C@H]3CCC[C@@H](C2)C3=O)c1. The minimum absolute atomic E-state index is 0.00996. The van der Waals surface area contributed by atoms with E-state index in [1.807, 2.05) is 18.2 Å². The van der Waals surface area contributed by atoms with Gasteiger partial charge in [-0.15, -0.1) is 0 Å². The van der Waals surface area contributed by atoms with Crippen molar-refractivity contribution in [2.45, 2.75) is 51.0 Å². The van der Waals surface area contributed by atoms with E-state index in [2.05, 4.69) is 0 Å². The largest absolute Gasteiger partial charge is 0.497 e. The number of esters is 1. The molecule has 4 rings (SSSR count). The summed E-state index contributed by atoms with van der Waals surface area (Å²) in [7, 11) is 3.22. The van der Waals surface area contributed by atoms with Gasteiger partial charge in [0.15, 0.2) is 6.61 Å². The summed E-state index contributed by atoms with van der Waals surface area (Å²) in [5.41, 5.74) is 0.901. The van der Waals surface area contributed by atoms with Crippen LogP contribution in [0.3, 0.4) is 0 Å². The molecule has 3 aliphatic rings. The third-order valence-corrected chi connectivity index (χ3v) is 7.09. The number of benzene rings is 1. The number of methoxy groups -OCH3 is 2. The van der Waals surface area contributed by atoms with Crippen molar-refractivity contribution >= 4 is 17.7 Å². The molecule has 1 aromatic carbocycles. The summed E-state index contributed by atoms with van der Waals surface area (Å²) < 4.78 is 16.3. The van der Waals surface area contributed by atoms with Crippen LogP contribution in [-0.2, 0) is 19.1 Å². The molecule has 1 unspecified atom stereocenters. The molecule has 31 heavy (non-hydrogen) atoms. The molecular weight excluding hydrogens is 398 g/mol. The third-order valence-electron chi connectivity index (χ3n) is 7.09. The molecule has 168 valence electrons. The summed E-state index contributed by atoms with van der Waals surface area (Å²) >= 11 is 0. The standard InChI is InChI=1S/C24H31NO6/c1-29-18-8-9-21(30-2)19(13-18)20-7-4-10-25(20)22(26)14-31-24(28)17-11-15-5-3-6-16(12-17)23(15)27/h8-9,13,15-17,20H,3-7,10-12,14H2,1-2H3/t15-,16+,17?,20-/m0/s1. The van der Waals surface area contributed by atoms with Crippen molar-refractivity contribution in [1.29, 1.82) is 0 Å². The number of ketones is 1. The molecule has 1 saturated heterocycles. The average molecular weight is 430 g/mol. The molecule has 7 heteroatoms. The summed E-state index contributed by atoms with van der Waals surface area (Å²) in [6.45, 7) is 0.352. The van der Waals surface area contributed by atoms with E-state index >= 15 is 0 Å². The van der Waals surface area contributed by atoms with Gasteiger partial charge in [0.1, 0.15) is 17.3 Å². The number of ether oxygens (including phenoxy) is 3. The molecule has 1 aromatic rings. The van der Waals surface area contributed by atoms with Crippen molar-refractivity contribution in [1.82, 2.24) is 4.90 Å². The van der Waals surface area contributed by atoms with Crippen LogP contribution in [0.2, 0.25) is 0 Å². The van der Waals surface area contributed by atoms with Gasteiger partial charge in [-0.3, -0.25) is 14.4 Å². The summed E-state index contributed by atoms with van der Waals surface area (Å²) in [6, 6.07) is 5.44. The second kappa shape index (κ2) is 9.28. The zero-order valence-corrected chi connectivity index (χ0v) is 18.3. The van der Waals surface area contributed by atoms with Gasteiger partial charge in [-0.05, 0) is 56.7 Å². The number of rotatable bonds is 6. The topological polar surface area (TPSA) is 82.1 Å². The Morgan fingerprint density at radius 2 is 1.77 bits per heavy atom. The second-order valence-electron chi connectivity index (χ2n) is 8.86. The van der Waals surface area contributed by atoms with E-state index in [1.165, 1.54) is 0 Å². The predicted octanol–water partition coefficient (Wildman–Crippen LogP) is 3.31. The first-order valence-electron chi connectivity index (χ1n) is 11.2. The fraction of sp³-hybridized carbons (Fsp3) is 0.625. The predicted molar refractivity (Wildman–Crippen MR) is 113 cm³/mol. The molecule has 0 spiro atoms. The lowest BCUT2D eigenvalue weighted by atomic mass is 9.67. The average Bonchev–Trinajstić information content (AvgIpc) is 3.26. The van der Waals surface area contributed by atoms with E-state index in [4.69, 9.17) is 14.2 Å². The van der Waals surface area contributed by atoms with Crippen LogP contribution < -0.4 is 9.47 Å². The Morgan fingerprint density at radius 1 is 1.03 bits per heavy atom. The maximum Gasteiger partial charge on any atom is 0.309 e. The molecule has 0 N–H and O–H groups in total. The van der Waals surface area contributed by atoms with E-state index in [-0.39, 0.29) is 42.3 Å². The van der Waals surface area contributed by atoms with Crippen LogP contribution in [0.1, 0.15) is 56.6 Å².